The second-order valence-corrected chi connectivity index (χ2v) is 8.61. The molecule has 0 radical (unpaired) electrons. The first-order valence-electron chi connectivity index (χ1n) is 10.4. The molecule has 0 N–H and O–H groups in total. The van der Waals surface area contributed by atoms with E-state index in [0.29, 0.717) is 22.4 Å². The number of thioether (sulfide) groups is 1. The normalized spacial score (nSPS) is 11.3. The highest BCUT2D eigenvalue weighted by atomic mass is 35.5. The largest absolute Gasteiger partial charge is 0.494 e. The molecule has 1 heterocycles. The zero-order valence-electron chi connectivity index (χ0n) is 17.4. The van der Waals surface area contributed by atoms with Gasteiger partial charge in [0.15, 0.2) is 11.4 Å². The highest BCUT2D eigenvalue weighted by Gasteiger charge is 2.06. The van der Waals surface area contributed by atoms with Crippen LogP contribution in [0.15, 0.2) is 88.5 Å². The highest BCUT2D eigenvalue weighted by molar-refractivity contribution is 7.99. The lowest BCUT2D eigenvalue weighted by Gasteiger charge is -2.06. The molecule has 0 aliphatic heterocycles. The number of allylic oxidation sites excluding steroid dienone is 1. The molecule has 0 fully saturated rings. The van der Waals surface area contributed by atoms with Crippen molar-refractivity contribution in [3.63, 3.8) is 0 Å². The van der Waals surface area contributed by atoms with Crippen LogP contribution in [-0.2, 0) is 0 Å². The number of hydrogen-bond donors (Lipinski definition) is 0. The number of carbonyl (C=O) groups is 1. The van der Waals surface area contributed by atoms with E-state index in [-0.39, 0.29) is 5.78 Å². The minimum Gasteiger partial charge on any atom is -0.494 e. The van der Waals surface area contributed by atoms with Crippen molar-refractivity contribution in [2.75, 3.05) is 12.4 Å². The third-order valence-corrected chi connectivity index (χ3v) is 5.87. The van der Waals surface area contributed by atoms with Gasteiger partial charge in [-0.15, -0.1) is 0 Å². The van der Waals surface area contributed by atoms with Crippen LogP contribution in [0, 0.1) is 0 Å². The van der Waals surface area contributed by atoms with Crippen LogP contribution in [0.1, 0.15) is 28.8 Å². The molecule has 0 bridgehead atoms. The Kier molecular flexibility index (Phi) is 7.64. The summed E-state index contributed by atoms with van der Waals surface area (Å²) in [5.74, 6) is 1.61. The number of aromatic nitrogens is 1. The minimum absolute atomic E-state index is 0.0623. The Morgan fingerprint density at radius 3 is 2.69 bits per heavy atom. The maximum Gasteiger partial charge on any atom is 0.256 e. The first-order valence-corrected chi connectivity index (χ1v) is 11.7. The molecule has 0 aliphatic carbocycles. The van der Waals surface area contributed by atoms with E-state index in [1.807, 2.05) is 54.6 Å². The van der Waals surface area contributed by atoms with Crippen molar-refractivity contribution >= 4 is 46.3 Å². The molecule has 1 aromatic heterocycles. The third-order valence-electron chi connectivity index (χ3n) is 4.72. The topological polar surface area (TPSA) is 52.3 Å². The number of para-hydroxylation sites is 2. The van der Waals surface area contributed by atoms with Crippen molar-refractivity contribution in [2.45, 2.75) is 18.1 Å². The lowest BCUT2D eigenvalue weighted by atomic mass is 10.1. The zero-order valence-corrected chi connectivity index (χ0v) is 18.9. The van der Waals surface area contributed by atoms with Gasteiger partial charge in [0.05, 0.1) is 6.61 Å². The number of fused-ring (bicyclic) bond motifs is 1. The SMILES string of the molecule is O=C(/C=C/c1cccc(Cl)c1)c1ccc(OCCCCSc2nc3ccccc3o2)cc1. The summed E-state index contributed by atoms with van der Waals surface area (Å²) in [5.41, 5.74) is 3.21. The Morgan fingerprint density at radius 1 is 1.03 bits per heavy atom. The molecule has 0 amide bonds. The summed E-state index contributed by atoms with van der Waals surface area (Å²) in [5, 5.41) is 1.35. The molecule has 162 valence electrons. The van der Waals surface area contributed by atoms with Crippen molar-refractivity contribution < 1.29 is 13.9 Å². The van der Waals surface area contributed by atoms with Crippen molar-refractivity contribution in [3.05, 3.63) is 95.0 Å². The van der Waals surface area contributed by atoms with E-state index in [1.54, 1.807) is 42.1 Å². The maximum absolute atomic E-state index is 12.3. The molecule has 32 heavy (non-hydrogen) atoms. The molecular formula is C26H22ClNO3S. The molecule has 6 heteroatoms. The summed E-state index contributed by atoms with van der Waals surface area (Å²) in [7, 11) is 0. The minimum atomic E-state index is -0.0623. The van der Waals surface area contributed by atoms with Gasteiger partial charge in [-0.25, -0.2) is 4.98 Å². The molecule has 0 unspecified atom stereocenters. The first-order chi connectivity index (χ1) is 15.7. The predicted octanol–water partition coefficient (Wildman–Crippen LogP) is 7.33. The van der Waals surface area contributed by atoms with Crippen LogP contribution in [0.2, 0.25) is 5.02 Å². The van der Waals surface area contributed by atoms with Gasteiger partial charge < -0.3 is 9.15 Å². The van der Waals surface area contributed by atoms with Crippen LogP contribution in [0.3, 0.4) is 0 Å². The van der Waals surface area contributed by atoms with Gasteiger partial charge in [-0.3, -0.25) is 4.79 Å². The Balaban J connectivity index is 1.17. The van der Waals surface area contributed by atoms with Crippen LogP contribution in [-0.4, -0.2) is 23.1 Å². The number of ketones is 1. The number of carbonyl (C=O) groups excluding carboxylic acids is 1. The number of ether oxygens (including phenoxy) is 1. The average molecular weight is 464 g/mol. The number of benzene rings is 3. The van der Waals surface area contributed by atoms with Gasteiger partial charge in [0.25, 0.3) is 5.22 Å². The number of halogens is 1. The molecule has 4 rings (SSSR count). The molecular weight excluding hydrogens is 442 g/mol. The molecule has 0 saturated heterocycles. The molecule has 4 aromatic rings. The number of nitrogens with zero attached hydrogens (tertiary/aromatic N) is 1. The van der Waals surface area contributed by atoms with E-state index in [4.69, 9.17) is 20.8 Å². The fraction of sp³-hybridized carbons (Fsp3) is 0.154. The summed E-state index contributed by atoms with van der Waals surface area (Å²) >= 11 is 7.58. The quantitative estimate of drug-likeness (QED) is 0.107. The van der Waals surface area contributed by atoms with E-state index in [1.165, 1.54) is 0 Å². The molecule has 3 aromatic carbocycles. The van der Waals surface area contributed by atoms with Gasteiger partial charge in [0.2, 0.25) is 0 Å². The van der Waals surface area contributed by atoms with E-state index in [0.717, 1.165) is 41.0 Å². The average Bonchev–Trinajstić information content (AvgIpc) is 3.23. The first kappa shape index (κ1) is 22.2. The Bertz CT molecular complexity index is 1180. The Morgan fingerprint density at radius 2 is 1.88 bits per heavy atom. The van der Waals surface area contributed by atoms with E-state index < -0.39 is 0 Å². The van der Waals surface area contributed by atoms with Gasteiger partial charge >= 0.3 is 0 Å². The monoisotopic (exact) mass is 463 g/mol. The van der Waals surface area contributed by atoms with Gasteiger partial charge in [0.1, 0.15) is 11.3 Å². The van der Waals surface area contributed by atoms with Crippen LogP contribution < -0.4 is 4.74 Å². The summed E-state index contributed by atoms with van der Waals surface area (Å²) in [6.07, 6.45) is 5.23. The maximum atomic E-state index is 12.3. The van der Waals surface area contributed by atoms with Crippen LogP contribution >= 0.6 is 23.4 Å². The summed E-state index contributed by atoms with van der Waals surface area (Å²) in [6.45, 7) is 0.621. The number of hydrogen-bond acceptors (Lipinski definition) is 5. The lowest BCUT2D eigenvalue weighted by Crippen LogP contribution is -1.99. The molecule has 0 spiro atoms. The fourth-order valence-corrected chi connectivity index (χ4v) is 4.09. The van der Waals surface area contributed by atoms with Crippen molar-refractivity contribution in [3.8, 4) is 5.75 Å². The molecule has 0 saturated carbocycles. The fourth-order valence-electron chi connectivity index (χ4n) is 3.06. The summed E-state index contributed by atoms with van der Waals surface area (Å²) < 4.78 is 11.5. The Labute approximate surface area is 196 Å². The highest BCUT2D eigenvalue weighted by Crippen LogP contribution is 2.24. The summed E-state index contributed by atoms with van der Waals surface area (Å²) in [4.78, 5) is 16.8. The predicted molar refractivity (Wildman–Crippen MR) is 131 cm³/mol. The van der Waals surface area contributed by atoms with Gasteiger partial charge in [-0.05, 0) is 73.0 Å². The van der Waals surface area contributed by atoms with Gasteiger partial charge in [0, 0.05) is 16.3 Å². The number of oxazole rings is 1. The zero-order chi connectivity index (χ0) is 22.2. The Hall–Kier alpha value is -3.02. The summed E-state index contributed by atoms with van der Waals surface area (Å²) in [6, 6.07) is 22.4. The van der Waals surface area contributed by atoms with E-state index >= 15 is 0 Å². The smallest absolute Gasteiger partial charge is 0.256 e. The van der Waals surface area contributed by atoms with E-state index in [9.17, 15) is 4.79 Å². The van der Waals surface area contributed by atoms with E-state index in [2.05, 4.69) is 4.98 Å². The molecule has 0 aliphatic rings. The second-order valence-electron chi connectivity index (χ2n) is 7.13. The molecule has 4 nitrogen and oxygen atoms in total. The van der Waals surface area contributed by atoms with Crippen LogP contribution in [0.5, 0.6) is 5.75 Å². The lowest BCUT2D eigenvalue weighted by molar-refractivity contribution is 0.104. The van der Waals surface area contributed by atoms with Crippen molar-refractivity contribution in [2.24, 2.45) is 0 Å². The second kappa shape index (κ2) is 11.0. The number of unbranched alkanes of at least 4 members (excludes halogenated alkanes) is 1. The number of rotatable bonds is 10. The third kappa shape index (κ3) is 6.25. The van der Waals surface area contributed by atoms with Gasteiger partial charge in [-0.2, -0.15) is 0 Å². The van der Waals surface area contributed by atoms with Crippen molar-refractivity contribution in [1.29, 1.82) is 0 Å². The van der Waals surface area contributed by atoms with Crippen LogP contribution in [0.4, 0.5) is 0 Å². The van der Waals surface area contributed by atoms with Gasteiger partial charge in [-0.1, -0.05) is 53.7 Å². The molecule has 0 atom stereocenters. The van der Waals surface area contributed by atoms with Crippen molar-refractivity contribution in [1.82, 2.24) is 4.98 Å². The standard InChI is InChI=1S/C26H22ClNO3S/c27-21-7-5-6-19(18-21)10-15-24(29)20-11-13-22(14-12-20)30-16-3-4-17-32-26-28-23-8-1-2-9-25(23)31-26/h1-2,5-15,18H,3-4,16-17H2/b15-10+. The van der Waals surface area contributed by atoms with Crippen LogP contribution in [0.25, 0.3) is 17.2 Å².